The Kier molecular flexibility index (Phi) is 4.56. The lowest BCUT2D eigenvalue weighted by Crippen LogP contribution is -2.05. The number of benzene rings is 6. The molecule has 0 atom stereocenters. The Labute approximate surface area is 204 Å². The number of hydrogen-bond acceptors (Lipinski definition) is 2. The van der Waals surface area contributed by atoms with Crippen LogP contribution in [0.1, 0.15) is 0 Å². The van der Waals surface area contributed by atoms with E-state index in [0.29, 0.717) is 0 Å². The molecule has 1 heterocycles. The summed E-state index contributed by atoms with van der Waals surface area (Å²) in [4.78, 5) is 0. The van der Waals surface area contributed by atoms with Crippen LogP contribution in [0.2, 0.25) is 0 Å². The van der Waals surface area contributed by atoms with E-state index in [9.17, 15) is 0 Å². The highest BCUT2D eigenvalue weighted by atomic mass is 16.7. The lowest BCUT2D eigenvalue weighted by atomic mass is 9.86. The van der Waals surface area contributed by atoms with Crippen LogP contribution in [0.3, 0.4) is 0 Å². The van der Waals surface area contributed by atoms with Crippen LogP contribution in [0.4, 0.5) is 0 Å². The van der Waals surface area contributed by atoms with Crippen molar-refractivity contribution in [2.24, 2.45) is 0 Å². The second-order valence-electron chi connectivity index (χ2n) is 8.84. The molecule has 0 spiro atoms. The lowest BCUT2D eigenvalue weighted by molar-refractivity contribution is 0.126. The SMILES string of the molecule is c1ccc(-c2cc3ccccc3c3c2OCOc2c(-c4ccccc4)cc4ccccc4c2-3)cc1. The van der Waals surface area contributed by atoms with Gasteiger partial charge in [-0.05, 0) is 44.8 Å². The third-order valence-corrected chi connectivity index (χ3v) is 6.83. The van der Waals surface area contributed by atoms with Crippen molar-refractivity contribution in [1.29, 1.82) is 0 Å². The van der Waals surface area contributed by atoms with Gasteiger partial charge in [-0.25, -0.2) is 0 Å². The van der Waals surface area contributed by atoms with Gasteiger partial charge >= 0.3 is 0 Å². The monoisotopic (exact) mass is 450 g/mol. The standard InChI is InChI=1S/C33H22O2/c1-3-11-22(12-4-1)28-19-24-15-7-9-17-26(24)30-31-27-18-10-8-16-25(27)20-29(23-13-5-2-6-14-23)33(31)35-21-34-32(28)30/h1-20H,21H2. The smallest absolute Gasteiger partial charge is 0.231 e. The predicted octanol–water partition coefficient (Wildman–Crippen LogP) is 8.72. The summed E-state index contributed by atoms with van der Waals surface area (Å²) in [5.41, 5.74) is 6.57. The molecule has 35 heavy (non-hydrogen) atoms. The zero-order valence-electron chi connectivity index (χ0n) is 19.1. The van der Waals surface area contributed by atoms with Crippen LogP contribution >= 0.6 is 0 Å². The van der Waals surface area contributed by atoms with Crippen molar-refractivity contribution < 1.29 is 9.47 Å². The van der Waals surface area contributed by atoms with E-state index in [0.717, 1.165) is 55.7 Å². The normalized spacial score (nSPS) is 12.3. The summed E-state index contributed by atoms with van der Waals surface area (Å²) >= 11 is 0. The molecule has 0 radical (unpaired) electrons. The van der Waals surface area contributed by atoms with Crippen molar-refractivity contribution in [1.82, 2.24) is 0 Å². The van der Waals surface area contributed by atoms with Crippen LogP contribution in [-0.2, 0) is 0 Å². The Bertz CT molecular complexity index is 1570. The molecule has 0 amide bonds. The average Bonchev–Trinajstić information content (AvgIpc) is 3.14. The van der Waals surface area contributed by atoms with Crippen LogP contribution in [0.5, 0.6) is 11.5 Å². The first-order valence-corrected chi connectivity index (χ1v) is 11.9. The van der Waals surface area contributed by atoms with Crippen molar-refractivity contribution in [3.05, 3.63) is 121 Å². The molecule has 0 fully saturated rings. The maximum Gasteiger partial charge on any atom is 0.231 e. The van der Waals surface area contributed by atoms with Gasteiger partial charge in [0.15, 0.2) is 0 Å². The van der Waals surface area contributed by atoms with Gasteiger partial charge in [-0.1, -0.05) is 109 Å². The van der Waals surface area contributed by atoms with E-state index in [4.69, 9.17) is 9.47 Å². The summed E-state index contributed by atoms with van der Waals surface area (Å²) in [5.74, 6) is 1.73. The minimum absolute atomic E-state index is 0.149. The van der Waals surface area contributed by atoms with Gasteiger partial charge in [0.1, 0.15) is 11.5 Å². The maximum atomic E-state index is 6.44. The summed E-state index contributed by atoms with van der Waals surface area (Å²) in [7, 11) is 0. The van der Waals surface area contributed by atoms with E-state index >= 15 is 0 Å². The average molecular weight is 451 g/mol. The minimum Gasteiger partial charge on any atom is -0.456 e. The first kappa shape index (κ1) is 19.9. The van der Waals surface area contributed by atoms with Gasteiger partial charge in [0.25, 0.3) is 0 Å². The Balaban J connectivity index is 1.68. The van der Waals surface area contributed by atoms with E-state index in [1.165, 1.54) is 10.8 Å². The van der Waals surface area contributed by atoms with Crippen LogP contribution in [-0.4, -0.2) is 6.79 Å². The molecule has 0 unspecified atom stereocenters. The fourth-order valence-corrected chi connectivity index (χ4v) is 5.26. The molecule has 0 aliphatic carbocycles. The van der Waals surface area contributed by atoms with Crippen molar-refractivity contribution >= 4 is 21.5 Å². The van der Waals surface area contributed by atoms with Gasteiger partial charge in [0.05, 0.1) is 0 Å². The second kappa shape index (κ2) is 8.03. The molecule has 1 aliphatic heterocycles. The van der Waals surface area contributed by atoms with Crippen LogP contribution in [0, 0.1) is 0 Å². The highest BCUT2D eigenvalue weighted by molar-refractivity contribution is 6.14. The van der Waals surface area contributed by atoms with E-state index in [-0.39, 0.29) is 6.79 Å². The molecule has 0 bridgehead atoms. The molecular weight excluding hydrogens is 428 g/mol. The topological polar surface area (TPSA) is 18.5 Å². The number of fused-ring (bicyclic) bond motifs is 7. The molecule has 0 saturated carbocycles. The number of ether oxygens (including phenoxy) is 2. The van der Waals surface area contributed by atoms with Crippen LogP contribution < -0.4 is 9.47 Å². The van der Waals surface area contributed by atoms with Gasteiger partial charge in [-0.15, -0.1) is 0 Å². The molecule has 2 nitrogen and oxygen atoms in total. The van der Waals surface area contributed by atoms with E-state index in [1.807, 2.05) is 12.1 Å². The first-order chi connectivity index (χ1) is 17.4. The van der Waals surface area contributed by atoms with Crippen LogP contribution in [0.25, 0.3) is 54.9 Å². The zero-order valence-corrected chi connectivity index (χ0v) is 19.1. The lowest BCUT2D eigenvalue weighted by Gasteiger charge is -2.19. The zero-order chi connectivity index (χ0) is 23.2. The van der Waals surface area contributed by atoms with Gasteiger partial charge < -0.3 is 9.47 Å². The Morgan fingerprint density at radius 2 is 0.829 bits per heavy atom. The maximum absolute atomic E-state index is 6.44. The van der Waals surface area contributed by atoms with Gasteiger partial charge in [-0.2, -0.15) is 0 Å². The summed E-state index contributed by atoms with van der Waals surface area (Å²) in [5, 5.41) is 4.67. The molecule has 6 aromatic rings. The fourth-order valence-electron chi connectivity index (χ4n) is 5.26. The molecule has 6 aromatic carbocycles. The highest BCUT2D eigenvalue weighted by Crippen LogP contribution is 2.53. The van der Waals surface area contributed by atoms with Gasteiger partial charge in [-0.3, -0.25) is 0 Å². The highest BCUT2D eigenvalue weighted by Gasteiger charge is 2.27. The molecule has 166 valence electrons. The number of hydrogen-bond donors (Lipinski definition) is 0. The number of rotatable bonds is 2. The van der Waals surface area contributed by atoms with E-state index < -0.39 is 0 Å². The summed E-state index contributed by atoms with van der Waals surface area (Å²) in [6, 6.07) is 42.5. The summed E-state index contributed by atoms with van der Waals surface area (Å²) in [6.45, 7) is 0.149. The van der Waals surface area contributed by atoms with Crippen molar-refractivity contribution in [2.75, 3.05) is 6.79 Å². The third kappa shape index (κ3) is 3.18. The minimum atomic E-state index is 0.149. The van der Waals surface area contributed by atoms with Crippen molar-refractivity contribution in [2.45, 2.75) is 0 Å². The molecule has 1 aliphatic rings. The molecule has 7 rings (SSSR count). The van der Waals surface area contributed by atoms with Crippen LogP contribution in [0.15, 0.2) is 121 Å². The third-order valence-electron chi connectivity index (χ3n) is 6.83. The first-order valence-electron chi connectivity index (χ1n) is 11.9. The van der Waals surface area contributed by atoms with Crippen molar-refractivity contribution in [3.63, 3.8) is 0 Å². The van der Waals surface area contributed by atoms with E-state index in [1.54, 1.807) is 0 Å². The second-order valence-corrected chi connectivity index (χ2v) is 8.84. The van der Waals surface area contributed by atoms with Gasteiger partial charge in [0.2, 0.25) is 6.79 Å². The largest absolute Gasteiger partial charge is 0.456 e. The Hall–Kier alpha value is -4.56. The quantitative estimate of drug-likeness (QED) is 0.263. The summed E-state index contributed by atoms with van der Waals surface area (Å²) < 4.78 is 12.9. The molecule has 2 heteroatoms. The Morgan fingerprint density at radius 1 is 0.429 bits per heavy atom. The molecule has 0 saturated heterocycles. The predicted molar refractivity (Wildman–Crippen MR) is 144 cm³/mol. The molecular formula is C33H22O2. The molecule has 0 aromatic heterocycles. The molecule has 0 N–H and O–H groups in total. The van der Waals surface area contributed by atoms with E-state index in [2.05, 4.69) is 109 Å². The van der Waals surface area contributed by atoms with Crippen molar-refractivity contribution in [3.8, 4) is 44.9 Å². The Morgan fingerprint density at radius 3 is 1.29 bits per heavy atom. The fraction of sp³-hybridized carbons (Fsp3) is 0.0303. The summed E-state index contributed by atoms with van der Waals surface area (Å²) in [6.07, 6.45) is 0. The van der Waals surface area contributed by atoms with Gasteiger partial charge in [0, 0.05) is 22.3 Å².